The van der Waals surface area contributed by atoms with Gasteiger partial charge in [0.2, 0.25) is 0 Å². The maximum Gasteiger partial charge on any atom is 0.153 e. The van der Waals surface area contributed by atoms with Crippen molar-refractivity contribution < 1.29 is 9.53 Å². The van der Waals surface area contributed by atoms with E-state index in [0.717, 1.165) is 19.1 Å². The second kappa shape index (κ2) is 5.31. The predicted molar refractivity (Wildman–Crippen MR) is 73.5 cm³/mol. The maximum atomic E-state index is 11.0. The van der Waals surface area contributed by atoms with Gasteiger partial charge in [0.05, 0.1) is 11.7 Å². The van der Waals surface area contributed by atoms with Crippen LogP contribution in [0.5, 0.6) is 5.75 Å². The summed E-state index contributed by atoms with van der Waals surface area (Å²) >= 11 is 5.86. The SMILES string of the molecule is CC1(C)CCC(Oc2ccc(Cl)cc2C=O)CC1. The third-order valence-electron chi connectivity index (χ3n) is 3.68. The molecule has 0 unspecified atom stereocenters. The van der Waals surface area contributed by atoms with Crippen LogP contribution in [0.15, 0.2) is 18.2 Å². The Kier molecular flexibility index (Phi) is 3.96. The van der Waals surface area contributed by atoms with E-state index in [1.807, 2.05) is 0 Å². The van der Waals surface area contributed by atoms with Gasteiger partial charge in [-0.2, -0.15) is 0 Å². The van der Waals surface area contributed by atoms with Gasteiger partial charge in [0, 0.05) is 5.02 Å². The average Bonchev–Trinajstić information content (AvgIpc) is 2.34. The van der Waals surface area contributed by atoms with Crippen molar-refractivity contribution in [3.05, 3.63) is 28.8 Å². The minimum atomic E-state index is 0.220. The maximum absolute atomic E-state index is 11.0. The first-order chi connectivity index (χ1) is 8.50. The van der Waals surface area contributed by atoms with Crippen LogP contribution in [0.1, 0.15) is 49.9 Å². The molecule has 1 aromatic rings. The molecule has 0 bridgehead atoms. The van der Waals surface area contributed by atoms with Crippen molar-refractivity contribution >= 4 is 17.9 Å². The molecule has 0 aliphatic heterocycles. The smallest absolute Gasteiger partial charge is 0.153 e. The summed E-state index contributed by atoms with van der Waals surface area (Å²) < 4.78 is 5.94. The largest absolute Gasteiger partial charge is 0.490 e. The summed E-state index contributed by atoms with van der Waals surface area (Å²) in [6.45, 7) is 4.59. The van der Waals surface area contributed by atoms with Crippen molar-refractivity contribution in [2.24, 2.45) is 5.41 Å². The van der Waals surface area contributed by atoms with Gasteiger partial charge >= 0.3 is 0 Å². The Hall–Kier alpha value is -1.02. The van der Waals surface area contributed by atoms with Gasteiger partial charge in [0.25, 0.3) is 0 Å². The fraction of sp³-hybridized carbons (Fsp3) is 0.533. The molecule has 1 saturated carbocycles. The summed E-state index contributed by atoms with van der Waals surface area (Å²) in [6, 6.07) is 5.19. The fourth-order valence-electron chi connectivity index (χ4n) is 2.39. The third-order valence-corrected chi connectivity index (χ3v) is 3.91. The van der Waals surface area contributed by atoms with Gasteiger partial charge in [0.1, 0.15) is 5.75 Å². The van der Waals surface area contributed by atoms with Gasteiger partial charge in [-0.3, -0.25) is 4.79 Å². The van der Waals surface area contributed by atoms with E-state index in [2.05, 4.69) is 13.8 Å². The van der Waals surface area contributed by atoms with Gasteiger partial charge < -0.3 is 4.74 Å². The highest BCUT2D eigenvalue weighted by Gasteiger charge is 2.28. The highest BCUT2D eigenvalue weighted by Crippen LogP contribution is 2.37. The van der Waals surface area contributed by atoms with Crippen LogP contribution in [0.4, 0.5) is 0 Å². The zero-order valence-corrected chi connectivity index (χ0v) is 11.7. The minimum absolute atomic E-state index is 0.220. The number of ether oxygens (including phenoxy) is 1. The lowest BCUT2D eigenvalue weighted by molar-refractivity contribution is 0.0961. The molecule has 2 nitrogen and oxygen atoms in total. The number of rotatable bonds is 3. The summed E-state index contributed by atoms with van der Waals surface area (Å²) in [4.78, 5) is 11.0. The molecule has 1 fully saturated rings. The molecular weight excluding hydrogens is 248 g/mol. The van der Waals surface area contributed by atoms with Crippen LogP contribution in [0.3, 0.4) is 0 Å². The van der Waals surface area contributed by atoms with Crippen LogP contribution in [0.2, 0.25) is 5.02 Å². The zero-order valence-electron chi connectivity index (χ0n) is 10.9. The molecule has 0 N–H and O–H groups in total. The molecule has 0 spiro atoms. The van der Waals surface area contributed by atoms with E-state index in [1.165, 1.54) is 12.8 Å². The van der Waals surface area contributed by atoms with Gasteiger partial charge in [-0.25, -0.2) is 0 Å². The number of carbonyl (C=O) groups is 1. The Labute approximate surface area is 113 Å². The van der Waals surface area contributed by atoms with E-state index in [9.17, 15) is 4.79 Å². The predicted octanol–water partition coefficient (Wildman–Crippen LogP) is 4.50. The van der Waals surface area contributed by atoms with Crippen LogP contribution in [0, 0.1) is 5.41 Å². The number of benzene rings is 1. The normalized spacial score (nSPS) is 19.5. The van der Waals surface area contributed by atoms with Crippen molar-refractivity contribution in [2.75, 3.05) is 0 Å². The van der Waals surface area contributed by atoms with Gasteiger partial charge in [-0.05, 0) is 49.3 Å². The van der Waals surface area contributed by atoms with Crippen LogP contribution >= 0.6 is 11.6 Å². The van der Waals surface area contributed by atoms with Crippen molar-refractivity contribution in [3.8, 4) is 5.75 Å². The van der Waals surface area contributed by atoms with E-state index in [0.29, 0.717) is 21.8 Å². The van der Waals surface area contributed by atoms with Crippen molar-refractivity contribution in [1.82, 2.24) is 0 Å². The van der Waals surface area contributed by atoms with Gasteiger partial charge in [0.15, 0.2) is 6.29 Å². The molecular formula is C15H19ClO2. The van der Waals surface area contributed by atoms with E-state index in [4.69, 9.17) is 16.3 Å². The number of halogens is 1. The number of aldehydes is 1. The Bertz CT molecular complexity index is 430. The lowest BCUT2D eigenvalue weighted by Gasteiger charge is -2.34. The summed E-state index contributed by atoms with van der Waals surface area (Å²) in [7, 11) is 0. The molecule has 3 heteroatoms. The first-order valence-corrected chi connectivity index (χ1v) is 6.79. The monoisotopic (exact) mass is 266 g/mol. The molecule has 2 rings (SSSR count). The topological polar surface area (TPSA) is 26.3 Å². The van der Waals surface area contributed by atoms with Gasteiger partial charge in [-0.15, -0.1) is 0 Å². The zero-order chi connectivity index (χ0) is 13.2. The summed E-state index contributed by atoms with van der Waals surface area (Å²) in [5.74, 6) is 0.652. The van der Waals surface area contributed by atoms with E-state index in [-0.39, 0.29) is 6.10 Å². The highest BCUT2D eigenvalue weighted by atomic mass is 35.5. The molecule has 1 aromatic carbocycles. The van der Waals surface area contributed by atoms with Crippen LogP contribution in [-0.2, 0) is 0 Å². The molecule has 0 radical (unpaired) electrons. The van der Waals surface area contributed by atoms with E-state index < -0.39 is 0 Å². The first-order valence-electron chi connectivity index (χ1n) is 6.41. The molecule has 0 heterocycles. The van der Waals surface area contributed by atoms with E-state index in [1.54, 1.807) is 18.2 Å². The van der Waals surface area contributed by atoms with Crippen LogP contribution in [0.25, 0.3) is 0 Å². The highest BCUT2D eigenvalue weighted by molar-refractivity contribution is 6.30. The van der Waals surface area contributed by atoms with Crippen LogP contribution in [-0.4, -0.2) is 12.4 Å². The molecule has 98 valence electrons. The molecule has 0 aromatic heterocycles. The molecule has 0 atom stereocenters. The number of hydrogen-bond acceptors (Lipinski definition) is 2. The first kappa shape index (κ1) is 13.4. The quantitative estimate of drug-likeness (QED) is 0.753. The molecule has 0 amide bonds. The standard InChI is InChI=1S/C15H19ClO2/c1-15(2)7-5-13(6-8-15)18-14-4-3-12(16)9-11(14)10-17/h3-4,9-10,13H,5-8H2,1-2H3. The molecule has 1 aliphatic carbocycles. The second-order valence-electron chi connectivity index (χ2n) is 5.78. The number of carbonyl (C=O) groups excluding carboxylic acids is 1. The second-order valence-corrected chi connectivity index (χ2v) is 6.22. The van der Waals surface area contributed by atoms with Crippen molar-refractivity contribution in [2.45, 2.75) is 45.6 Å². The summed E-state index contributed by atoms with van der Waals surface area (Å²) in [5.41, 5.74) is 0.959. The minimum Gasteiger partial charge on any atom is -0.490 e. The number of hydrogen-bond donors (Lipinski definition) is 0. The van der Waals surface area contributed by atoms with Crippen LogP contribution < -0.4 is 4.74 Å². The van der Waals surface area contributed by atoms with E-state index >= 15 is 0 Å². The average molecular weight is 267 g/mol. The van der Waals surface area contributed by atoms with Crippen molar-refractivity contribution in [3.63, 3.8) is 0 Å². The molecule has 1 aliphatic rings. The summed E-state index contributed by atoms with van der Waals surface area (Å²) in [5, 5.41) is 0.564. The van der Waals surface area contributed by atoms with Crippen molar-refractivity contribution in [1.29, 1.82) is 0 Å². The Morgan fingerprint density at radius 2 is 2.00 bits per heavy atom. The van der Waals surface area contributed by atoms with Gasteiger partial charge in [-0.1, -0.05) is 25.4 Å². The Morgan fingerprint density at radius 1 is 1.33 bits per heavy atom. The Balaban J connectivity index is 2.04. The Morgan fingerprint density at radius 3 is 2.61 bits per heavy atom. The lowest BCUT2D eigenvalue weighted by Crippen LogP contribution is -2.28. The third kappa shape index (κ3) is 3.26. The lowest BCUT2D eigenvalue weighted by atomic mass is 9.76. The fourth-order valence-corrected chi connectivity index (χ4v) is 2.57. The molecule has 0 saturated heterocycles. The molecule has 18 heavy (non-hydrogen) atoms. The summed E-state index contributed by atoms with van der Waals surface area (Å²) in [6.07, 6.45) is 5.46.